The van der Waals surface area contributed by atoms with Crippen LogP contribution < -0.4 is 25.2 Å². The van der Waals surface area contributed by atoms with Crippen LogP contribution in [0.5, 0.6) is 5.75 Å². The molecule has 0 saturated carbocycles. The Hall–Kier alpha value is -4.34. The van der Waals surface area contributed by atoms with E-state index in [1.807, 2.05) is 0 Å². The third-order valence-corrected chi connectivity index (χ3v) is 6.03. The van der Waals surface area contributed by atoms with Crippen molar-refractivity contribution in [1.29, 1.82) is 0 Å². The zero-order chi connectivity index (χ0) is 25.6. The van der Waals surface area contributed by atoms with Crippen LogP contribution in [0.4, 0.5) is 28.7 Å². The third-order valence-electron chi connectivity index (χ3n) is 4.84. The highest BCUT2D eigenvalue weighted by molar-refractivity contribution is 7.92. The van der Waals surface area contributed by atoms with Crippen LogP contribution in [0, 0.1) is 12.3 Å². The first kappa shape index (κ1) is 25.3. The average molecular weight is 497 g/mol. The fourth-order valence-corrected chi connectivity index (χ4v) is 3.48. The number of pyridine rings is 2. The number of ether oxygens (including phenoxy) is 1. The van der Waals surface area contributed by atoms with Gasteiger partial charge in [-0.2, -0.15) is 0 Å². The van der Waals surface area contributed by atoms with E-state index in [-0.39, 0.29) is 5.56 Å². The van der Waals surface area contributed by atoms with Gasteiger partial charge < -0.3 is 15.4 Å². The Bertz CT molecular complexity index is 1370. The lowest BCUT2D eigenvalue weighted by molar-refractivity contribution is 0.0538. The standard InChI is InChI=1S/C23H24N6O5S/c1-6-15-7-9-18(20(11-15)29(2)35(5,31)32)26-19-12-22(25-14-17(19)23(30)28-34-4)27-21-10-8-16(33-3)13-24-21/h1,7-14H,2-5H3,(H,28,30)(H2,24,25,26,27). The van der Waals surface area contributed by atoms with Crippen molar-refractivity contribution in [2.45, 2.75) is 0 Å². The molecule has 1 aromatic carbocycles. The zero-order valence-electron chi connectivity index (χ0n) is 19.5. The van der Waals surface area contributed by atoms with Gasteiger partial charge in [-0.25, -0.2) is 23.9 Å². The first-order chi connectivity index (χ1) is 16.7. The molecule has 2 heterocycles. The number of methoxy groups -OCH3 is 1. The lowest BCUT2D eigenvalue weighted by Gasteiger charge is -2.22. The molecule has 0 aliphatic carbocycles. The van der Waals surface area contributed by atoms with Crippen LogP contribution in [0.3, 0.4) is 0 Å². The third kappa shape index (κ3) is 6.17. The molecule has 0 aliphatic rings. The van der Waals surface area contributed by atoms with Crippen LogP contribution in [0.15, 0.2) is 48.8 Å². The Labute approximate surface area is 203 Å². The molecule has 35 heavy (non-hydrogen) atoms. The molecular weight excluding hydrogens is 472 g/mol. The van der Waals surface area contributed by atoms with Crippen LogP contribution in [0.2, 0.25) is 0 Å². The molecule has 3 N–H and O–H groups in total. The highest BCUT2D eigenvalue weighted by atomic mass is 32.2. The SMILES string of the molecule is C#Cc1ccc(Nc2cc(Nc3ccc(OC)cn3)ncc2C(=O)NOC)c(N(C)S(C)(=O)=O)c1. The van der Waals surface area contributed by atoms with Crippen molar-refractivity contribution in [2.24, 2.45) is 0 Å². The average Bonchev–Trinajstić information content (AvgIpc) is 2.84. The lowest BCUT2D eigenvalue weighted by Crippen LogP contribution is -2.26. The maximum Gasteiger partial charge on any atom is 0.278 e. The molecule has 3 rings (SSSR count). The van der Waals surface area contributed by atoms with Gasteiger partial charge in [0, 0.05) is 24.9 Å². The van der Waals surface area contributed by atoms with Gasteiger partial charge in [-0.1, -0.05) is 5.92 Å². The van der Waals surface area contributed by atoms with Gasteiger partial charge in [-0.15, -0.1) is 6.42 Å². The lowest BCUT2D eigenvalue weighted by atomic mass is 10.1. The van der Waals surface area contributed by atoms with Crippen molar-refractivity contribution in [3.8, 4) is 18.1 Å². The van der Waals surface area contributed by atoms with Gasteiger partial charge in [0.25, 0.3) is 5.91 Å². The van der Waals surface area contributed by atoms with Gasteiger partial charge in [-0.05, 0) is 30.3 Å². The monoisotopic (exact) mass is 496 g/mol. The molecule has 0 unspecified atom stereocenters. The number of anilines is 5. The molecule has 0 atom stereocenters. The number of sulfonamides is 1. The van der Waals surface area contributed by atoms with Crippen LogP contribution in [-0.4, -0.2) is 51.8 Å². The summed E-state index contributed by atoms with van der Waals surface area (Å²) < 4.78 is 30.7. The molecule has 3 aromatic rings. The minimum atomic E-state index is -3.60. The molecule has 182 valence electrons. The maximum absolute atomic E-state index is 12.6. The van der Waals surface area contributed by atoms with Crippen molar-refractivity contribution in [1.82, 2.24) is 15.4 Å². The van der Waals surface area contributed by atoms with Crippen LogP contribution in [0.1, 0.15) is 15.9 Å². The second-order valence-electron chi connectivity index (χ2n) is 7.19. The van der Waals surface area contributed by atoms with Crippen molar-refractivity contribution < 1.29 is 22.8 Å². The molecule has 0 aliphatic heterocycles. The number of benzene rings is 1. The first-order valence-electron chi connectivity index (χ1n) is 10.1. The van der Waals surface area contributed by atoms with E-state index in [2.05, 4.69) is 32.0 Å². The van der Waals surface area contributed by atoms with Crippen LogP contribution in [0.25, 0.3) is 0 Å². The topological polar surface area (TPSA) is 135 Å². The van der Waals surface area contributed by atoms with Crippen molar-refractivity contribution in [3.05, 3.63) is 59.9 Å². The van der Waals surface area contributed by atoms with E-state index in [1.165, 1.54) is 20.4 Å². The number of hydroxylamine groups is 1. The molecule has 1 amide bonds. The summed E-state index contributed by atoms with van der Waals surface area (Å²) in [7, 11) is 0.651. The van der Waals surface area contributed by atoms with Gasteiger partial charge >= 0.3 is 0 Å². The minimum Gasteiger partial charge on any atom is -0.495 e. The number of amides is 1. The maximum atomic E-state index is 12.6. The largest absolute Gasteiger partial charge is 0.495 e. The van der Waals surface area contributed by atoms with Gasteiger partial charge in [-0.3, -0.25) is 13.9 Å². The summed E-state index contributed by atoms with van der Waals surface area (Å²) in [5.74, 6) is 3.39. The highest BCUT2D eigenvalue weighted by Crippen LogP contribution is 2.33. The Morgan fingerprint density at radius 2 is 1.77 bits per heavy atom. The Kier molecular flexibility index (Phi) is 7.75. The fourth-order valence-electron chi connectivity index (χ4n) is 2.97. The minimum absolute atomic E-state index is 0.147. The summed E-state index contributed by atoms with van der Waals surface area (Å²) in [4.78, 5) is 25.8. The number of carbonyl (C=O) groups is 1. The van der Waals surface area contributed by atoms with Crippen molar-refractivity contribution >= 4 is 44.6 Å². The summed E-state index contributed by atoms with van der Waals surface area (Å²) in [6, 6.07) is 9.85. The van der Waals surface area contributed by atoms with Gasteiger partial charge in [0.15, 0.2) is 0 Å². The first-order valence-corrected chi connectivity index (χ1v) is 11.9. The van der Waals surface area contributed by atoms with Crippen LogP contribution >= 0.6 is 0 Å². The number of hydrogen-bond acceptors (Lipinski definition) is 9. The van der Waals surface area contributed by atoms with E-state index >= 15 is 0 Å². The highest BCUT2D eigenvalue weighted by Gasteiger charge is 2.19. The molecule has 2 aromatic heterocycles. The van der Waals surface area contributed by atoms with Gasteiger partial charge in [0.1, 0.15) is 17.4 Å². The predicted molar refractivity (Wildman–Crippen MR) is 134 cm³/mol. The fraction of sp³-hybridized carbons (Fsp3) is 0.174. The van der Waals surface area contributed by atoms with E-state index in [4.69, 9.17) is 16.0 Å². The molecule has 11 nitrogen and oxygen atoms in total. The Morgan fingerprint density at radius 3 is 2.37 bits per heavy atom. The number of rotatable bonds is 9. The van der Waals surface area contributed by atoms with E-state index in [0.29, 0.717) is 40.0 Å². The summed E-state index contributed by atoms with van der Waals surface area (Å²) in [5, 5.41) is 6.16. The molecule has 0 fully saturated rings. The van der Waals surface area contributed by atoms with Crippen molar-refractivity contribution in [3.63, 3.8) is 0 Å². The molecular formula is C23H24N6O5S. The van der Waals surface area contributed by atoms with E-state index < -0.39 is 15.9 Å². The summed E-state index contributed by atoms with van der Waals surface area (Å²) in [6.07, 6.45) is 9.47. The Morgan fingerprint density at radius 1 is 1.03 bits per heavy atom. The number of carbonyl (C=O) groups excluding carboxylic acids is 1. The number of aromatic nitrogens is 2. The number of hydrogen-bond donors (Lipinski definition) is 3. The van der Waals surface area contributed by atoms with E-state index in [0.717, 1.165) is 10.6 Å². The second kappa shape index (κ2) is 10.7. The molecule has 0 saturated heterocycles. The number of terminal acetylenes is 1. The summed E-state index contributed by atoms with van der Waals surface area (Å²) >= 11 is 0. The number of nitrogens with one attached hydrogen (secondary N) is 3. The summed E-state index contributed by atoms with van der Waals surface area (Å²) in [5.41, 5.74) is 3.89. The Balaban J connectivity index is 2.05. The zero-order valence-corrected chi connectivity index (χ0v) is 20.3. The van der Waals surface area contributed by atoms with Gasteiger partial charge in [0.2, 0.25) is 10.0 Å². The van der Waals surface area contributed by atoms with Gasteiger partial charge in [0.05, 0.1) is 49.3 Å². The quantitative estimate of drug-likeness (QED) is 0.302. The molecule has 0 spiro atoms. The summed E-state index contributed by atoms with van der Waals surface area (Å²) in [6.45, 7) is 0. The predicted octanol–water partition coefficient (Wildman–Crippen LogP) is 2.64. The van der Waals surface area contributed by atoms with Crippen molar-refractivity contribution in [2.75, 3.05) is 42.5 Å². The molecule has 12 heteroatoms. The smallest absolute Gasteiger partial charge is 0.278 e. The van der Waals surface area contributed by atoms with E-state index in [9.17, 15) is 13.2 Å². The normalized spacial score (nSPS) is 10.7. The second-order valence-corrected chi connectivity index (χ2v) is 9.20. The number of nitrogens with zero attached hydrogens (tertiary/aromatic N) is 3. The van der Waals surface area contributed by atoms with Crippen LogP contribution in [-0.2, 0) is 14.9 Å². The molecule has 0 radical (unpaired) electrons. The molecule has 0 bridgehead atoms. The van der Waals surface area contributed by atoms with E-state index in [1.54, 1.807) is 49.7 Å².